The molecule has 144 valence electrons. The molecule has 1 fully saturated rings. The third-order valence-corrected chi connectivity index (χ3v) is 5.21. The van der Waals surface area contributed by atoms with E-state index in [0.717, 1.165) is 43.0 Å². The van der Waals surface area contributed by atoms with Crippen LogP contribution in [0.3, 0.4) is 0 Å². The molecule has 0 spiro atoms. The number of halogens is 1. The highest BCUT2D eigenvalue weighted by Crippen LogP contribution is 2.30. The van der Waals surface area contributed by atoms with Crippen LogP contribution in [0.15, 0.2) is 48.7 Å². The molecule has 0 bridgehead atoms. The maximum absolute atomic E-state index is 6.41. The first-order valence-corrected chi connectivity index (χ1v) is 9.76. The number of nitrogens with zero attached hydrogens (tertiary/aromatic N) is 5. The van der Waals surface area contributed by atoms with Gasteiger partial charge in [0.2, 0.25) is 5.95 Å². The third kappa shape index (κ3) is 4.02. The minimum absolute atomic E-state index is 0.638. The van der Waals surface area contributed by atoms with Gasteiger partial charge in [0, 0.05) is 31.9 Å². The van der Waals surface area contributed by atoms with E-state index in [1.165, 1.54) is 5.69 Å². The second-order valence-electron chi connectivity index (χ2n) is 7.01. The number of rotatable bonds is 4. The van der Waals surface area contributed by atoms with Crippen molar-refractivity contribution in [3.05, 3.63) is 64.8 Å². The molecule has 1 aromatic heterocycles. The van der Waals surface area contributed by atoms with Gasteiger partial charge < -0.3 is 15.1 Å². The Bertz CT molecular complexity index is 931. The lowest BCUT2D eigenvalue weighted by atomic mass is 10.1. The molecule has 1 aliphatic heterocycles. The molecule has 1 saturated heterocycles. The van der Waals surface area contributed by atoms with Crippen molar-refractivity contribution in [1.29, 1.82) is 0 Å². The Morgan fingerprint density at radius 1 is 0.964 bits per heavy atom. The van der Waals surface area contributed by atoms with Crippen LogP contribution in [0.5, 0.6) is 0 Å². The number of para-hydroxylation sites is 1. The quantitative estimate of drug-likeness (QED) is 0.715. The lowest BCUT2D eigenvalue weighted by Crippen LogP contribution is -2.47. The van der Waals surface area contributed by atoms with E-state index in [0.29, 0.717) is 16.8 Å². The van der Waals surface area contributed by atoms with Gasteiger partial charge in [0.15, 0.2) is 5.82 Å². The highest BCUT2D eigenvalue weighted by atomic mass is 35.5. The van der Waals surface area contributed by atoms with E-state index in [-0.39, 0.29) is 0 Å². The molecule has 28 heavy (non-hydrogen) atoms. The zero-order chi connectivity index (χ0) is 19.5. The smallest absolute Gasteiger partial charge is 0.247 e. The van der Waals surface area contributed by atoms with Crippen molar-refractivity contribution < 1.29 is 0 Å². The average molecular weight is 395 g/mol. The van der Waals surface area contributed by atoms with E-state index in [2.05, 4.69) is 60.6 Å². The van der Waals surface area contributed by atoms with E-state index in [4.69, 9.17) is 11.6 Å². The minimum Gasteiger partial charge on any atom is -0.368 e. The molecule has 0 radical (unpaired) electrons. The zero-order valence-corrected chi connectivity index (χ0v) is 16.8. The fraction of sp³-hybridized carbons (Fsp3) is 0.286. The van der Waals surface area contributed by atoms with Gasteiger partial charge in [0.1, 0.15) is 0 Å². The first-order chi connectivity index (χ1) is 13.6. The Labute approximate surface area is 170 Å². The molecule has 0 atom stereocenters. The summed E-state index contributed by atoms with van der Waals surface area (Å²) in [6.07, 6.45) is 1.62. The van der Waals surface area contributed by atoms with Crippen molar-refractivity contribution in [2.45, 2.75) is 13.8 Å². The van der Waals surface area contributed by atoms with Gasteiger partial charge in [-0.1, -0.05) is 35.9 Å². The Kier molecular flexibility index (Phi) is 5.30. The summed E-state index contributed by atoms with van der Waals surface area (Å²) >= 11 is 6.41. The summed E-state index contributed by atoms with van der Waals surface area (Å²) in [6, 6.07) is 14.5. The van der Waals surface area contributed by atoms with E-state index in [9.17, 15) is 0 Å². The molecule has 0 saturated carbocycles. The number of hydrogen-bond acceptors (Lipinski definition) is 6. The molecular weight excluding hydrogens is 372 g/mol. The van der Waals surface area contributed by atoms with Gasteiger partial charge in [0.05, 0.1) is 16.9 Å². The predicted molar refractivity (Wildman–Crippen MR) is 115 cm³/mol. The molecule has 6 nitrogen and oxygen atoms in total. The number of aryl methyl sites for hydroxylation is 2. The predicted octanol–water partition coefficient (Wildman–Crippen LogP) is 4.21. The van der Waals surface area contributed by atoms with Crippen molar-refractivity contribution in [2.75, 3.05) is 41.3 Å². The number of benzene rings is 2. The summed E-state index contributed by atoms with van der Waals surface area (Å²) in [7, 11) is 0. The highest BCUT2D eigenvalue weighted by Gasteiger charge is 2.20. The van der Waals surface area contributed by atoms with Gasteiger partial charge in [-0.25, -0.2) is 0 Å². The fourth-order valence-electron chi connectivity index (χ4n) is 3.49. The lowest BCUT2D eigenvalue weighted by molar-refractivity contribution is 0.635. The van der Waals surface area contributed by atoms with Gasteiger partial charge in [-0.15, -0.1) is 5.10 Å². The Balaban J connectivity index is 1.46. The number of piperazine rings is 1. The Hall–Kier alpha value is -2.86. The molecule has 3 aromatic rings. The number of nitrogens with one attached hydrogen (secondary N) is 1. The summed E-state index contributed by atoms with van der Waals surface area (Å²) in [5.41, 5.74) is 4.31. The normalized spacial score (nSPS) is 14.2. The van der Waals surface area contributed by atoms with Crippen molar-refractivity contribution in [2.24, 2.45) is 0 Å². The van der Waals surface area contributed by atoms with Crippen LogP contribution < -0.4 is 15.1 Å². The lowest BCUT2D eigenvalue weighted by Gasteiger charge is -2.35. The maximum atomic E-state index is 6.41. The van der Waals surface area contributed by atoms with Gasteiger partial charge in [-0.2, -0.15) is 10.1 Å². The van der Waals surface area contributed by atoms with Crippen LogP contribution in [-0.2, 0) is 0 Å². The summed E-state index contributed by atoms with van der Waals surface area (Å²) in [5.74, 6) is 1.28. The first-order valence-electron chi connectivity index (χ1n) is 9.38. The molecule has 1 aliphatic rings. The maximum Gasteiger partial charge on any atom is 0.247 e. The Morgan fingerprint density at radius 3 is 2.39 bits per heavy atom. The minimum atomic E-state index is 0.638. The molecule has 2 heterocycles. The SMILES string of the molecule is Cc1cc(C)c(Nc2cnnc(N3CCN(c4ccccc4)CC3)n2)c(Cl)c1. The van der Waals surface area contributed by atoms with Crippen LogP contribution in [0.25, 0.3) is 0 Å². The van der Waals surface area contributed by atoms with Crippen molar-refractivity contribution in [3.8, 4) is 0 Å². The van der Waals surface area contributed by atoms with Crippen LogP contribution in [-0.4, -0.2) is 41.4 Å². The van der Waals surface area contributed by atoms with Crippen molar-refractivity contribution >= 4 is 34.7 Å². The van der Waals surface area contributed by atoms with E-state index in [1.54, 1.807) is 6.20 Å². The van der Waals surface area contributed by atoms with Crippen LogP contribution in [0.4, 0.5) is 23.1 Å². The third-order valence-electron chi connectivity index (χ3n) is 4.92. The molecule has 2 aromatic carbocycles. The molecule has 7 heteroatoms. The van der Waals surface area contributed by atoms with Gasteiger partial charge in [0.25, 0.3) is 0 Å². The summed E-state index contributed by atoms with van der Waals surface area (Å²) < 4.78 is 0. The zero-order valence-electron chi connectivity index (χ0n) is 16.1. The monoisotopic (exact) mass is 394 g/mol. The van der Waals surface area contributed by atoms with Gasteiger partial charge in [-0.05, 0) is 43.2 Å². The van der Waals surface area contributed by atoms with E-state index in [1.807, 2.05) is 26.0 Å². The molecule has 0 amide bonds. The largest absolute Gasteiger partial charge is 0.368 e. The summed E-state index contributed by atoms with van der Waals surface area (Å²) in [6.45, 7) is 7.61. The van der Waals surface area contributed by atoms with Gasteiger partial charge in [-0.3, -0.25) is 0 Å². The Morgan fingerprint density at radius 2 is 1.68 bits per heavy atom. The van der Waals surface area contributed by atoms with E-state index < -0.39 is 0 Å². The second kappa shape index (κ2) is 8.02. The van der Waals surface area contributed by atoms with Crippen LogP contribution in [0.1, 0.15) is 11.1 Å². The average Bonchev–Trinajstić information content (AvgIpc) is 2.72. The molecular formula is C21H23ClN6. The fourth-order valence-corrected chi connectivity index (χ4v) is 3.86. The van der Waals surface area contributed by atoms with Crippen LogP contribution in [0, 0.1) is 13.8 Å². The molecule has 1 N–H and O–H groups in total. The van der Waals surface area contributed by atoms with Crippen molar-refractivity contribution in [1.82, 2.24) is 15.2 Å². The molecule has 0 unspecified atom stereocenters. The standard InChI is InChI=1S/C21H23ClN6/c1-15-12-16(2)20(18(22)13-15)24-19-14-23-26-21(25-19)28-10-8-27(9-11-28)17-6-4-3-5-7-17/h3-7,12-14H,8-11H2,1-2H3,(H,24,25,26). The van der Waals surface area contributed by atoms with Crippen LogP contribution >= 0.6 is 11.6 Å². The second-order valence-corrected chi connectivity index (χ2v) is 7.42. The topological polar surface area (TPSA) is 57.2 Å². The molecule has 0 aliphatic carbocycles. The summed E-state index contributed by atoms with van der Waals surface area (Å²) in [4.78, 5) is 9.20. The number of hydrogen-bond donors (Lipinski definition) is 1. The van der Waals surface area contributed by atoms with Crippen LogP contribution in [0.2, 0.25) is 5.02 Å². The van der Waals surface area contributed by atoms with E-state index >= 15 is 0 Å². The molecule has 4 rings (SSSR count). The number of aromatic nitrogens is 3. The summed E-state index contributed by atoms with van der Waals surface area (Å²) in [5, 5.41) is 12.3. The highest BCUT2D eigenvalue weighted by molar-refractivity contribution is 6.33. The van der Waals surface area contributed by atoms with Gasteiger partial charge >= 0.3 is 0 Å². The first kappa shape index (κ1) is 18.5. The van der Waals surface area contributed by atoms with Crippen molar-refractivity contribution in [3.63, 3.8) is 0 Å². The number of anilines is 4.